The number of anilines is 2. The highest BCUT2D eigenvalue weighted by Gasteiger charge is 2.48. The minimum absolute atomic E-state index is 0.163. The van der Waals surface area contributed by atoms with Crippen molar-refractivity contribution in [2.24, 2.45) is 0 Å². The first kappa shape index (κ1) is 18.6. The number of hydrogen-bond donors (Lipinski definition) is 2. The Bertz CT molecular complexity index is 1130. The number of aliphatic hydroxyl groups is 1. The summed E-state index contributed by atoms with van der Waals surface area (Å²) >= 11 is 0. The van der Waals surface area contributed by atoms with Crippen LogP contribution in [0.1, 0.15) is 23.3 Å². The van der Waals surface area contributed by atoms with Crippen LogP contribution in [0.25, 0.3) is 11.3 Å². The summed E-state index contributed by atoms with van der Waals surface area (Å²) in [5.74, 6) is 1.13. The van der Waals surface area contributed by atoms with Crippen LogP contribution in [0.5, 0.6) is 0 Å². The molecule has 3 N–H and O–H groups in total. The molecular formula is C21H22N6O3. The number of aromatic nitrogens is 3. The van der Waals surface area contributed by atoms with E-state index in [2.05, 4.69) is 20.0 Å². The quantitative estimate of drug-likeness (QED) is 0.668. The zero-order valence-electron chi connectivity index (χ0n) is 16.6. The summed E-state index contributed by atoms with van der Waals surface area (Å²) in [5.41, 5.74) is 8.00. The second-order valence-electron chi connectivity index (χ2n) is 7.82. The van der Waals surface area contributed by atoms with Gasteiger partial charge in [-0.3, -0.25) is 4.79 Å². The van der Waals surface area contributed by atoms with E-state index < -0.39 is 5.60 Å². The first-order valence-electron chi connectivity index (χ1n) is 9.84. The minimum atomic E-state index is -1.66. The van der Waals surface area contributed by atoms with Crippen LogP contribution in [-0.2, 0) is 23.4 Å². The Morgan fingerprint density at radius 1 is 1.20 bits per heavy atom. The number of nitrogens with zero attached hydrogens (tertiary/aromatic N) is 5. The van der Waals surface area contributed by atoms with Gasteiger partial charge in [-0.15, -0.1) is 0 Å². The third-order valence-electron chi connectivity index (χ3n) is 5.98. The first-order valence-corrected chi connectivity index (χ1v) is 9.84. The number of fused-ring (bicyclic) bond motifs is 1. The molecule has 0 aliphatic carbocycles. The second-order valence-corrected chi connectivity index (χ2v) is 7.82. The van der Waals surface area contributed by atoms with Crippen LogP contribution < -0.4 is 10.6 Å². The number of nitrogens with two attached hydrogens (primary N) is 1. The Balaban J connectivity index is 1.42. The van der Waals surface area contributed by atoms with Crippen LogP contribution in [0.15, 0.2) is 41.2 Å². The molecule has 5 rings (SSSR count). The maximum Gasteiger partial charge on any atom is 0.262 e. The van der Waals surface area contributed by atoms with Gasteiger partial charge in [-0.1, -0.05) is 5.16 Å². The molecule has 2 aliphatic heterocycles. The van der Waals surface area contributed by atoms with Gasteiger partial charge in [-0.05, 0) is 30.2 Å². The van der Waals surface area contributed by atoms with E-state index in [0.29, 0.717) is 24.6 Å². The summed E-state index contributed by atoms with van der Waals surface area (Å²) in [6, 6.07) is 7.39. The highest BCUT2D eigenvalue weighted by Crippen LogP contribution is 2.35. The fourth-order valence-corrected chi connectivity index (χ4v) is 4.13. The molecule has 9 nitrogen and oxygen atoms in total. The van der Waals surface area contributed by atoms with E-state index in [1.54, 1.807) is 25.5 Å². The summed E-state index contributed by atoms with van der Waals surface area (Å²) in [6.07, 6.45) is 4.60. The Kier molecular flexibility index (Phi) is 4.21. The maximum absolute atomic E-state index is 12.3. The average Bonchev–Trinajstić information content (AvgIpc) is 3.37. The molecule has 9 heteroatoms. The number of carbonyl (C=O) groups is 1. The molecule has 5 heterocycles. The van der Waals surface area contributed by atoms with Crippen LogP contribution in [-0.4, -0.2) is 51.2 Å². The van der Waals surface area contributed by atoms with Crippen molar-refractivity contribution in [3.8, 4) is 11.3 Å². The molecule has 0 aromatic carbocycles. The fraction of sp³-hybridized carbons (Fsp3) is 0.333. The molecule has 3 aromatic heterocycles. The van der Waals surface area contributed by atoms with Gasteiger partial charge in [0.25, 0.3) is 5.91 Å². The summed E-state index contributed by atoms with van der Waals surface area (Å²) in [6.45, 7) is 1.92. The number of hydrogen-bond acceptors (Lipinski definition) is 8. The van der Waals surface area contributed by atoms with Gasteiger partial charge >= 0.3 is 0 Å². The topological polar surface area (TPSA) is 122 Å². The zero-order valence-corrected chi connectivity index (χ0v) is 16.6. The van der Waals surface area contributed by atoms with Crippen molar-refractivity contribution >= 4 is 17.5 Å². The summed E-state index contributed by atoms with van der Waals surface area (Å²) in [7, 11) is 1.66. The first-order chi connectivity index (χ1) is 14.5. The molecule has 3 aromatic rings. The standard InChI is InChI=1S/C21H22N6O3/c1-26-9-5-21(29,20(26)28)17-11-16(25-30-17)14-3-6-23-18(10-14)27-8-4-13-2-7-24-19(22)15(13)12-27/h2-3,6-7,10-11,29H,4-5,8-9,12H2,1H3,(H2,22,24)/t21-/m1/s1. The molecule has 1 fully saturated rings. The lowest BCUT2D eigenvalue weighted by Gasteiger charge is -2.30. The van der Waals surface area contributed by atoms with Gasteiger partial charge in [0.1, 0.15) is 17.3 Å². The van der Waals surface area contributed by atoms with Crippen molar-refractivity contribution in [1.82, 2.24) is 20.0 Å². The van der Waals surface area contributed by atoms with Crippen molar-refractivity contribution in [3.63, 3.8) is 0 Å². The van der Waals surface area contributed by atoms with E-state index in [0.717, 1.165) is 29.9 Å². The fourth-order valence-electron chi connectivity index (χ4n) is 4.13. The molecule has 1 amide bonds. The van der Waals surface area contributed by atoms with Gasteiger partial charge in [0.2, 0.25) is 5.60 Å². The van der Waals surface area contributed by atoms with Crippen molar-refractivity contribution in [1.29, 1.82) is 0 Å². The normalized spacial score (nSPS) is 21.2. The van der Waals surface area contributed by atoms with Crippen molar-refractivity contribution in [3.05, 3.63) is 53.5 Å². The third kappa shape index (κ3) is 2.89. The van der Waals surface area contributed by atoms with Crippen LogP contribution in [0.3, 0.4) is 0 Å². The van der Waals surface area contributed by atoms with Crippen LogP contribution >= 0.6 is 0 Å². The second kappa shape index (κ2) is 6.81. The van der Waals surface area contributed by atoms with Crippen LogP contribution in [0.2, 0.25) is 0 Å². The number of likely N-dealkylation sites (N-methyl/N-ethyl adjacent to an activating group) is 1. The average molecular weight is 406 g/mol. The van der Waals surface area contributed by atoms with E-state index in [4.69, 9.17) is 10.3 Å². The number of pyridine rings is 2. The highest BCUT2D eigenvalue weighted by atomic mass is 16.5. The molecule has 0 bridgehead atoms. The lowest BCUT2D eigenvalue weighted by molar-refractivity contribution is -0.144. The largest absolute Gasteiger partial charge is 0.383 e. The van der Waals surface area contributed by atoms with E-state index in [1.807, 2.05) is 18.2 Å². The Hall–Kier alpha value is -3.46. The third-order valence-corrected chi connectivity index (χ3v) is 5.98. The van der Waals surface area contributed by atoms with E-state index in [1.165, 1.54) is 10.5 Å². The SMILES string of the molecule is CN1CC[C@@](O)(c2cc(-c3ccnc(N4CCc5ccnc(N)c5C4)c3)no2)C1=O. The van der Waals surface area contributed by atoms with Crippen molar-refractivity contribution in [2.45, 2.75) is 25.0 Å². The molecule has 0 unspecified atom stereocenters. The van der Waals surface area contributed by atoms with E-state index in [9.17, 15) is 9.90 Å². The van der Waals surface area contributed by atoms with Gasteiger partial charge in [0.15, 0.2) is 5.76 Å². The molecule has 30 heavy (non-hydrogen) atoms. The number of rotatable bonds is 3. The molecular weight excluding hydrogens is 384 g/mol. The Labute approximate surface area is 173 Å². The molecule has 0 saturated carbocycles. The van der Waals surface area contributed by atoms with Gasteiger partial charge in [0, 0.05) is 62.7 Å². The Morgan fingerprint density at radius 3 is 2.83 bits per heavy atom. The number of amides is 1. The highest BCUT2D eigenvalue weighted by molar-refractivity contribution is 5.87. The molecule has 154 valence electrons. The van der Waals surface area contributed by atoms with Gasteiger partial charge in [-0.25, -0.2) is 9.97 Å². The van der Waals surface area contributed by atoms with E-state index >= 15 is 0 Å². The number of carbonyl (C=O) groups excluding carboxylic acids is 1. The number of likely N-dealkylation sites (tertiary alicyclic amines) is 1. The lowest BCUT2D eigenvalue weighted by atomic mass is 9.98. The predicted molar refractivity (Wildman–Crippen MR) is 109 cm³/mol. The smallest absolute Gasteiger partial charge is 0.262 e. The van der Waals surface area contributed by atoms with Crippen LogP contribution in [0, 0.1) is 0 Å². The predicted octanol–water partition coefficient (Wildman–Crippen LogP) is 1.33. The summed E-state index contributed by atoms with van der Waals surface area (Å²) in [4.78, 5) is 24.7. The molecule has 2 aliphatic rings. The van der Waals surface area contributed by atoms with Gasteiger partial charge in [-0.2, -0.15) is 0 Å². The monoisotopic (exact) mass is 406 g/mol. The number of nitrogen functional groups attached to an aromatic ring is 1. The summed E-state index contributed by atoms with van der Waals surface area (Å²) in [5, 5.41) is 14.9. The molecule has 1 saturated heterocycles. The van der Waals surface area contributed by atoms with E-state index in [-0.39, 0.29) is 18.1 Å². The lowest BCUT2D eigenvalue weighted by Crippen LogP contribution is -2.35. The summed E-state index contributed by atoms with van der Waals surface area (Å²) < 4.78 is 5.37. The molecule has 0 radical (unpaired) electrons. The molecule has 1 atom stereocenters. The van der Waals surface area contributed by atoms with Gasteiger partial charge < -0.3 is 25.2 Å². The maximum atomic E-state index is 12.3. The Morgan fingerprint density at radius 2 is 2.03 bits per heavy atom. The molecule has 0 spiro atoms. The van der Waals surface area contributed by atoms with Crippen LogP contribution in [0.4, 0.5) is 11.6 Å². The van der Waals surface area contributed by atoms with Gasteiger partial charge in [0.05, 0.1) is 0 Å². The van der Waals surface area contributed by atoms with Crippen molar-refractivity contribution < 1.29 is 14.4 Å². The van der Waals surface area contributed by atoms with Crippen molar-refractivity contribution in [2.75, 3.05) is 30.8 Å². The zero-order chi connectivity index (χ0) is 20.9. The minimum Gasteiger partial charge on any atom is -0.383 e.